The molecule has 20 heavy (non-hydrogen) atoms. The number of rotatable bonds is 5. The smallest absolute Gasteiger partial charge is 0.315 e. The maximum atomic E-state index is 11.8. The summed E-state index contributed by atoms with van der Waals surface area (Å²) in [5, 5.41) is 7.99. The summed E-state index contributed by atoms with van der Waals surface area (Å²) >= 11 is 0. The van der Waals surface area contributed by atoms with Gasteiger partial charge in [-0.2, -0.15) is 0 Å². The monoisotopic (exact) mass is 277 g/mol. The number of benzene rings is 1. The quantitative estimate of drug-likeness (QED) is 0.761. The molecule has 0 saturated heterocycles. The zero-order valence-electron chi connectivity index (χ0n) is 11.7. The standard InChI is InChI=1S/C14H19N3O3/c1-9-3-6-12(20-2)11(7-9)17-13(18)8-15-14(19)16-10-4-5-10/h3,6-7,10H,4-5,8H2,1-2H3,(H,17,18)(H2,15,16,19). The molecular weight excluding hydrogens is 258 g/mol. The van der Waals surface area contributed by atoms with E-state index in [4.69, 9.17) is 4.74 Å². The Labute approximate surface area is 117 Å². The summed E-state index contributed by atoms with van der Waals surface area (Å²) < 4.78 is 5.17. The highest BCUT2D eigenvalue weighted by molar-refractivity contribution is 5.95. The first kappa shape index (κ1) is 14.2. The van der Waals surface area contributed by atoms with Crippen LogP contribution < -0.4 is 20.7 Å². The van der Waals surface area contributed by atoms with Crippen LogP contribution in [0.5, 0.6) is 5.75 Å². The Morgan fingerprint density at radius 2 is 2.10 bits per heavy atom. The highest BCUT2D eigenvalue weighted by Crippen LogP contribution is 2.24. The molecule has 1 aliphatic rings. The minimum absolute atomic E-state index is 0.0738. The second kappa shape index (κ2) is 6.27. The minimum atomic E-state index is -0.307. The minimum Gasteiger partial charge on any atom is -0.495 e. The number of anilines is 1. The summed E-state index contributed by atoms with van der Waals surface area (Å²) in [5.74, 6) is 0.297. The van der Waals surface area contributed by atoms with Gasteiger partial charge in [-0.25, -0.2) is 4.79 Å². The highest BCUT2D eigenvalue weighted by atomic mass is 16.5. The summed E-state index contributed by atoms with van der Waals surface area (Å²) in [4.78, 5) is 23.2. The van der Waals surface area contributed by atoms with Crippen molar-refractivity contribution in [3.63, 3.8) is 0 Å². The molecule has 2 rings (SSSR count). The molecule has 3 N–H and O–H groups in total. The summed E-state index contributed by atoms with van der Waals surface area (Å²) in [6, 6.07) is 5.48. The molecule has 1 aliphatic carbocycles. The van der Waals surface area contributed by atoms with Crippen molar-refractivity contribution in [3.05, 3.63) is 23.8 Å². The first-order valence-electron chi connectivity index (χ1n) is 6.57. The van der Waals surface area contributed by atoms with Crippen LogP contribution in [-0.4, -0.2) is 31.6 Å². The van der Waals surface area contributed by atoms with E-state index >= 15 is 0 Å². The third-order valence-electron chi connectivity index (χ3n) is 2.95. The molecule has 0 radical (unpaired) electrons. The number of hydrogen-bond acceptors (Lipinski definition) is 3. The number of nitrogens with one attached hydrogen (secondary N) is 3. The van der Waals surface area contributed by atoms with Gasteiger partial charge in [0.25, 0.3) is 0 Å². The molecule has 6 nitrogen and oxygen atoms in total. The van der Waals surface area contributed by atoms with Crippen molar-refractivity contribution >= 4 is 17.6 Å². The SMILES string of the molecule is COc1ccc(C)cc1NC(=O)CNC(=O)NC1CC1. The van der Waals surface area contributed by atoms with Gasteiger partial charge in [-0.15, -0.1) is 0 Å². The van der Waals surface area contributed by atoms with Crippen molar-refractivity contribution in [3.8, 4) is 5.75 Å². The molecular formula is C14H19N3O3. The Balaban J connectivity index is 1.84. The molecule has 0 heterocycles. The summed E-state index contributed by atoms with van der Waals surface area (Å²) in [5.41, 5.74) is 1.61. The summed E-state index contributed by atoms with van der Waals surface area (Å²) in [6.45, 7) is 1.85. The molecule has 1 saturated carbocycles. The second-order valence-corrected chi connectivity index (χ2v) is 4.85. The van der Waals surface area contributed by atoms with Crippen molar-refractivity contribution in [2.75, 3.05) is 19.0 Å². The topological polar surface area (TPSA) is 79.5 Å². The molecule has 1 aromatic carbocycles. The van der Waals surface area contributed by atoms with Gasteiger partial charge in [-0.3, -0.25) is 4.79 Å². The Morgan fingerprint density at radius 3 is 2.75 bits per heavy atom. The Bertz CT molecular complexity index is 512. The predicted octanol–water partition coefficient (Wildman–Crippen LogP) is 1.40. The van der Waals surface area contributed by atoms with E-state index in [2.05, 4.69) is 16.0 Å². The van der Waals surface area contributed by atoms with Gasteiger partial charge < -0.3 is 20.7 Å². The maximum Gasteiger partial charge on any atom is 0.315 e. The first-order valence-corrected chi connectivity index (χ1v) is 6.57. The summed E-state index contributed by atoms with van der Waals surface area (Å²) in [6.07, 6.45) is 2.03. The van der Waals surface area contributed by atoms with Gasteiger partial charge in [-0.1, -0.05) is 6.07 Å². The largest absolute Gasteiger partial charge is 0.495 e. The van der Waals surface area contributed by atoms with Crippen LogP contribution in [0.2, 0.25) is 0 Å². The van der Waals surface area contributed by atoms with E-state index in [-0.39, 0.29) is 24.5 Å². The summed E-state index contributed by atoms with van der Waals surface area (Å²) in [7, 11) is 1.54. The fraction of sp³-hybridized carbons (Fsp3) is 0.429. The Kier molecular flexibility index (Phi) is 4.45. The van der Waals surface area contributed by atoms with Crippen LogP contribution in [0.15, 0.2) is 18.2 Å². The predicted molar refractivity (Wildman–Crippen MR) is 75.9 cm³/mol. The lowest BCUT2D eigenvalue weighted by atomic mass is 10.2. The van der Waals surface area contributed by atoms with Gasteiger partial charge in [0.15, 0.2) is 0 Å². The van der Waals surface area contributed by atoms with Gasteiger partial charge in [0, 0.05) is 6.04 Å². The third kappa shape index (κ3) is 4.15. The number of carbonyl (C=O) groups excluding carboxylic acids is 2. The van der Waals surface area contributed by atoms with Crippen molar-refractivity contribution in [2.45, 2.75) is 25.8 Å². The molecule has 0 aromatic heterocycles. The molecule has 3 amide bonds. The van der Waals surface area contributed by atoms with E-state index in [9.17, 15) is 9.59 Å². The molecule has 108 valence electrons. The molecule has 0 bridgehead atoms. The average Bonchev–Trinajstić information content (AvgIpc) is 3.21. The number of hydrogen-bond donors (Lipinski definition) is 3. The molecule has 0 spiro atoms. The molecule has 0 atom stereocenters. The second-order valence-electron chi connectivity index (χ2n) is 4.85. The van der Waals surface area contributed by atoms with Crippen LogP contribution in [0, 0.1) is 6.92 Å². The van der Waals surface area contributed by atoms with E-state index in [0.29, 0.717) is 11.4 Å². The van der Waals surface area contributed by atoms with E-state index < -0.39 is 0 Å². The van der Waals surface area contributed by atoms with Crippen molar-refractivity contribution in [1.29, 1.82) is 0 Å². The van der Waals surface area contributed by atoms with Crippen LogP contribution >= 0.6 is 0 Å². The molecule has 1 aromatic rings. The van der Waals surface area contributed by atoms with E-state index in [1.807, 2.05) is 19.1 Å². The van der Waals surface area contributed by atoms with E-state index in [0.717, 1.165) is 18.4 Å². The van der Waals surface area contributed by atoms with Crippen molar-refractivity contribution in [2.24, 2.45) is 0 Å². The van der Waals surface area contributed by atoms with Gasteiger partial charge in [-0.05, 0) is 37.5 Å². The fourth-order valence-corrected chi connectivity index (χ4v) is 1.74. The molecule has 0 aliphatic heterocycles. The van der Waals surface area contributed by atoms with Gasteiger partial charge >= 0.3 is 6.03 Å². The van der Waals surface area contributed by atoms with Crippen LogP contribution in [0.1, 0.15) is 18.4 Å². The van der Waals surface area contributed by atoms with E-state index in [1.54, 1.807) is 13.2 Å². The Morgan fingerprint density at radius 1 is 1.35 bits per heavy atom. The fourth-order valence-electron chi connectivity index (χ4n) is 1.74. The lowest BCUT2D eigenvalue weighted by Gasteiger charge is -2.11. The molecule has 6 heteroatoms. The van der Waals surface area contributed by atoms with Gasteiger partial charge in [0.2, 0.25) is 5.91 Å². The zero-order chi connectivity index (χ0) is 14.5. The zero-order valence-corrected chi connectivity index (χ0v) is 11.7. The van der Waals surface area contributed by atoms with E-state index in [1.165, 1.54) is 0 Å². The lowest BCUT2D eigenvalue weighted by molar-refractivity contribution is -0.115. The normalized spacial score (nSPS) is 13.5. The number of ether oxygens (including phenoxy) is 1. The van der Waals surface area contributed by atoms with Crippen LogP contribution in [-0.2, 0) is 4.79 Å². The van der Waals surface area contributed by atoms with Gasteiger partial charge in [0.1, 0.15) is 5.75 Å². The molecule has 1 fully saturated rings. The third-order valence-corrected chi connectivity index (χ3v) is 2.95. The average molecular weight is 277 g/mol. The number of amides is 3. The molecule has 0 unspecified atom stereocenters. The van der Waals surface area contributed by atoms with Crippen molar-refractivity contribution in [1.82, 2.24) is 10.6 Å². The lowest BCUT2D eigenvalue weighted by Crippen LogP contribution is -2.40. The van der Waals surface area contributed by atoms with Gasteiger partial charge in [0.05, 0.1) is 19.3 Å². The van der Waals surface area contributed by atoms with Crippen LogP contribution in [0.4, 0.5) is 10.5 Å². The maximum absolute atomic E-state index is 11.8. The van der Waals surface area contributed by atoms with Crippen molar-refractivity contribution < 1.29 is 14.3 Å². The number of aryl methyl sites for hydroxylation is 1. The van der Waals surface area contributed by atoms with Crippen LogP contribution in [0.25, 0.3) is 0 Å². The number of methoxy groups -OCH3 is 1. The first-order chi connectivity index (χ1) is 9.58. The number of urea groups is 1. The highest BCUT2D eigenvalue weighted by Gasteiger charge is 2.23. The Hall–Kier alpha value is -2.24. The number of carbonyl (C=O) groups is 2. The van der Waals surface area contributed by atoms with Crippen LogP contribution in [0.3, 0.4) is 0 Å².